The van der Waals surface area contributed by atoms with E-state index in [1.54, 1.807) is 18.3 Å². The van der Waals surface area contributed by atoms with Crippen molar-refractivity contribution in [3.8, 4) is 22.8 Å². The second-order valence-corrected chi connectivity index (χ2v) is 7.33. The van der Waals surface area contributed by atoms with Crippen LogP contribution < -0.4 is 14.9 Å². The molecule has 28 heavy (non-hydrogen) atoms. The zero-order valence-electron chi connectivity index (χ0n) is 15.3. The SMILES string of the molecule is CCOc1cc(C=NNc2nc(-c3ccccc3)cs2)c(Br)cc1OC(C)=O. The van der Waals surface area contributed by atoms with Gasteiger partial charge in [-0.05, 0) is 35.0 Å². The minimum absolute atomic E-state index is 0.360. The highest BCUT2D eigenvalue weighted by Crippen LogP contribution is 2.33. The molecule has 0 aliphatic heterocycles. The number of benzene rings is 2. The Morgan fingerprint density at radius 2 is 2.07 bits per heavy atom. The fourth-order valence-electron chi connectivity index (χ4n) is 2.38. The van der Waals surface area contributed by atoms with Crippen LogP contribution in [-0.2, 0) is 4.79 Å². The van der Waals surface area contributed by atoms with Gasteiger partial charge in [-0.15, -0.1) is 11.3 Å². The van der Waals surface area contributed by atoms with Gasteiger partial charge in [0.1, 0.15) is 0 Å². The molecule has 0 fully saturated rings. The van der Waals surface area contributed by atoms with Crippen molar-refractivity contribution in [2.24, 2.45) is 5.10 Å². The highest BCUT2D eigenvalue weighted by Gasteiger charge is 2.12. The quantitative estimate of drug-likeness (QED) is 0.223. The average Bonchev–Trinajstić information content (AvgIpc) is 3.14. The lowest BCUT2D eigenvalue weighted by Crippen LogP contribution is -2.05. The molecular weight excluding hydrogens is 442 g/mol. The summed E-state index contributed by atoms with van der Waals surface area (Å²) in [7, 11) is 0. The van der Waals surface area contributed by atoms with E-state index < -0.39 is 5.97 Å². The van der Waals surface area contributed by atoms with E-state index in [0.29, 0.717) is 23.2 Å². The summed E-state index contributed by atoms with van der Waals surface area (Å²) in [5, 5.41) is 6.92. The van der Waals surface area contributed by atoms with Crippen LogP contribution in [-0.4, -0.2) is 23.8 Å². The maximum atomic E-state index is 11.3. The Hall–Kier alpha value is -2.71. The van der Waals surface area contributed by atoms with E-state index in [4.69, 9.17) is 9.47 Å². The topological polar surface area (TPSA) is 72.8 Å². The molecular formula is C20H18BrN3O3S. The van der Waals surface area contributed by atoms with Gasteiger partial charge >= 0.3 is 5.97 Å². The number of hydrogen-bond donors (Lipinski definition) is 1. The van der Waals surface area contributed by atoms with Gasteiger partial charge in [0.05, 0.1) is 18.5 Å². The van der Waals surface area contributed by atoms with Crippen LogP contribution in [0.3, 0.4) is 0 Å². The molecule has 0 saturated heterocycles. The Morgan fingerprint density at radius 1 is 1.29 bits per heavy atom. The Labute approximate surface area is 175 Å². The first-order valence-electron chi connectivity index (χ1n) is 8.51. The standard InChI is InChI=1S/C20H18BrN3O3S/c1-3-26-18-9-15(16(21)10-19(18)27-13(2)25)11-22-24-20-23-17(12-28-20)14-7-5-4-6-8-14/h4-12H,3H2,1-2H3,(H,23,24). The lowest BCUT2D eigenvalue weighted by Gasteiger charge is -2.11. The monoisotopic (exact) mass is 459 g/mol. The van der Waals surface area contributed by atoms with Crippen LogP contribution in [0.25, 0.3) is 11.3 Å². The molecule has 1 heterocycles. The van der Waals surface area contributed by atoms with Crippen LogP contribution in [0, 0.1) is 0 Å². The predicted octanol–water partition coefficient (Wildman–Crippen LogP) is 5.34. The number of hydrogen-bond acceptors (Lipinski definition) is 7. The number of carbonyl (C=O) groups excluding carboxylic acids is 1. The molecule has 0 bridgehead atoms. The van der Waals surface area contributed by atoms with Gasteiger partial charge in [0, 0.05) is 27.9 Å². The number of rotatable bonds is 7. The summed E-state index contributed by atoms with van der Waals surface area (Å²) < 4.78 is 11.5. The number of anilines is 1. The van der Waals surface area contributed by atoms with E-state index in [9.17, 15) is 4.79 Å². The van der Waals surface area contributed by atoms with Gasteiger partial charge in [0.2, 0.25) is 5.13 Å². The van der Waals surface area contributed by atoms with Gasteiger partial charge in [0.15, 0.2) is 11.5 Å². The van der Waals surface area contributed by atoms with Crippen molar-refractivity contribution in [1.82, 2.24) is 4.98 Å². The zero-order valence-corrected chi connectivity index (χ0v) is 17.7. The Bertz CT molecular complexity index is 990. The number of nitrogens with one attached hydrogen (secondary N) is 1. The number of aromatic nitrogens is 1. The second kappa shape index (κ2) is 9.48. The average molecular weight is 460 g/mol. The number of hydrazone groups is 1. The van der Waals surface area contributed by atoms with Crippen LogP contribution in [0.2, 0.25) is 0 Å². The van der Waals surface area contributed by atoms with Gasteiger partial charge in [-0.2, -0.15) is 5.10 Å². The van der Waals surface area contributed by atoms with Gasteiger partial charge in [-0.3, -0.25) is 10.2 Å². The van der Waals surface area contributed by atoms with Crippen LogP contribution in [0.5, 0.6) is 11.5 Å². The summed E-state index contributed by atoms with van der Waals surface area (Å²) in [6.07, 6.45) is 1.65. The van der Waals surface area contributed by atoms with Crippen molar-refractivity contribution in [2.45, 2.75) is 13.8 Å². The summed E-state index contributed by atoms with van der Waals surface area (Å²) >= 11 is 4.94. The lowest BCUT2D eigenvalue weighted by molar-refractivity contribution is -0.132. The molecule has 3 aromatic rings. The molecule has 144 valence electrons. The van der Waals surface area contributed by atoms with E-state index in [1.807, 2.05) is 42.6 Å². The Kier molecular flexibility index (Phi) is 6.78. The smallest absolute Gasteiger partial charge is 0.308 e. The fraction of sp³-hybridized carbons (Fsp3) is 0.150. The molecule has 2 aromatic carbocycles. The first-order chi connectivity index (χ1) is 13.6. The normalized spacial score (nSPS) is 10.8. The Balaban J connectivity index is 1.74. The summed E-state index contributed by atoms with van der Waals surface area (Å²) in [5.74, 6) is 0.427. The minimum atomic E-state index is -0.408. The molecule has 0 radical (unpaired) electrons. The summed E-state index contributed by atoms with van der Waals surface area (Å²) in [5.41, 5.74) is 5.66. The first-order valence-corrected chi connectivity index (χ1v) is 10.2. The lowest BCUT2D eigenvalue weighted by atomic mass is 10.2. The molecule has 6 nitrogen and oxygen atoms in total. The highest BCUT2D eigenvalue weighted by molar-refractivity contribution is 9.10. The maximum Gasteiger partial charge on any atom is 0.308 e. The van der Waals surface area contributed by atoms with Crippen LogP contribution in [0.1, 0.15) is 19.4 Å². The van der Waals surface area contributed by atoms with Crippen molar-refractivity contribution < 1.29 is 14.3 Å². The summed E-state index contributed by atoms with van der Waals surface area (Å²) in [6.45, 7) is 3.66. The van der Waals surface area contributed by atoms with Crippen LogP contribution in [0.15, 0.2) is 57.4 Å². The van der Waals surface area contributed by atoms with Gasteiger partial charge in [0.25, 0.3) is 0 Å². The third-order valence-electron chi connectivity index (χ3n) is 3.55. The van der Waals surface area contributed by atoms with E-state index in [2.05, 4.69) is 31.4 Å². The number of carbonyl (C=O) groups is 1. The fourth-order valence-corrected chi connectivity index (χ4v) is 3.47. The molecule has 0 atom stereocenters. The predicted molar refractivity (Wildman–Crippen MR) is 115 cm³/mol. The van der Waals surface area contributed by atoms with Crippen molar-refractivity contribution in [2.75, 3.05) is 12.0 Å². The number of halogens is 1. The number of nitrogens with zero attached hydrogens (tertiary/aromatic N) is 2. The number of thiazole rings is 1. The molecule has 1 N–H and O–H groups in total. The van der Waals surface area contributed by atoms with Crippen molar-refractivity contribution in [1.29, 1.82) is 0 Å². The molecule has 0 aliphatic rings. The molecule has 0 saturated carbocycles. The molecule has 1 aromatic heterocycles. The van der Waals surface area contributed by atoms with Crippen molar-refractivity contribution in [3.05, 3.63) is 57.9 Å². The molecule has 0 spiro atoms. The number of esters is 1. The highest BCUT2D eigenvalue weighted by atomic mass is 79.9. The first kappa shape index (κ1) is 20.0. The van der Waals surface area contributed by atoms with Gasteiger partial charge in [-0.1, -0.05) is 30.3 Å². The number of ether oxygens (including phenoxy) is 2. The second-order valence-electron chi connectivity index (χ2n) is 5.62. The van der Waals surface area contributed by atoms with Crippen molar-refractivity contribution >= 4 is 44.6 Å². The molecule has 3 rings (SSSR count). The molecule has 0 aliphatic carbocycles. The third kappa shape index (κ3) is 5.17. The van der Waals surface area contributed by atoms with Gasteiger partial charge < -0.3 is 9.47 Å². The van der Waals surface area contributed by atoms with Crippen molar-refractivity contribution in [3.63, 3.8) is 0 Å². The largest absolute Gasteiger partial charge is 0.490 e. The molecule has 0 amide bonds. The van der Waals surface area contributed by atoms with E-state index in [1.165, 1.54) is 18.3 Å². The van der Waals surface area contributed by atoms with Crippen LogP contribution >= 0.6 is 27.3 Å². The third-order valence-corrected chi connectivity index (χ3v) is 4.99. The van der Waals surface area contributed by atoms with Crippen LogP contribution in [0.4, 0.5) is 5.13 Å². The minimum Gasteiger partial charge on any atom is -0.490 e. The van der Waals surface area contributed by atoms with E-state index >= 15 is 0 Å². The Morgan fingerprint density at radius 3 is 2.79 bits per heavy atom. The molecule has 8 heteroatoms. The molecule has 0 unspecified atom stereocenters. The van der Waals surface area contributed by atoms with E-state index in [0.717, 1.165) is 21.3 Å². The zero-order chi connectivity index (χ0) is 19.9. The maximum absolute atomic E-state index is 11.3. The van der Waals surface area contributed by atoms with Gasteiger partial charge in [-0.25, -0.2) is 4.98 Å². The van der Waals surface area contributed by atoms with E-state index in [-0.39, 0.29) is 0 Å². The summed E-state index contributed by atoms with van der Waals surface area (Å²) in [4.78, 5) is 15.8. The summed E-state index contributed by atoms with van der Waals surface area (Å²) in [6, 6.07) is 13.4.